The molecule has 1 atom stereocenters. The molecule has 1 aliphatic heterocycles. The second-order valence-electron chi connectivity index (χ2n) is 7.73. The van der Waals surface area contributed by atoms with Crippen LogP contribution in [0.2, 0.25) is 0 Å². The Morgan fingerprint density at radius 3 is 1.77 bits per heavy atom. The summed E-state index contributed by atoms with van der Waals surface area (Å²) in [5.41, 5.74) is 2.55. The SMILES string of the molecule is CCCCCCCCCCCCCC(C)c1ccc([C+]2N=CC=N2)cc1. The number of hydrogen-bond acceptors (Lipinski definition) is 2. The van der Waals surface area contributed by atoms with Crippen LogP contribution in [-0.4, -0.2) is 12.4 Å². The molecule has 1 aromatic carbocycles. The minimum atomic E-state index is 0.642. The number of nitrogens with zero attached hydrogens (tertiary/aromatic N) is 2. The molecule has 2 rings (SSSR count). The molecule has 0 spiro atoms. The minimum Gasteiger partial charge on any atom is -0.147 e. The molecule has 0 saturated carbocycles. The molecule has 0 saturated heterocycles. The summed E-state index contributed by atoms with van der Waals surface area (Å²) >= 11 is 0. The number of benzene rings is 1. The van der Waals surface area contributed by atoms with E-state index in [0.29, 0.717) is 5.92 Å². The van der Waals surface area contributed by atoms with Gasteiger partial charge in [0.2, 0.25) is 6.17 Å². The molecule has 1 aromatic rings. The van der Waals surface area contributed by atoms with Crippen LogP contribution in [0.15, 0.2) is 34.3 Å². The van der Waals surface area contributed by atoms with E-state index < -0.39 is 0 Å². The predicted molar refractivity (Wildman–Crippen MR) is 115 cm³/mol. The Morgan fingerprint density at radius 2 is 1.23 bits per heavy atom. The first-order valence-corrected chi connectivity index (χ1v) is 10.8. The van der Waals surface area contributed by atoms with Crippen molar-refractivity contribution in [3.8, 4) is 0 Å². The van der Waals surface area contributed by atoms with Gasteiger partial charge in [-0.2, -0.15) is 0 Å². The van der Waals surface area contributed by atoms with E-state index in [-0.39, 0.29) is 0 Å². The highest BCUT2D eigenvalue weighted by atomic mass is 15.0. The van der Waals surface area contributed by atoms with Crippen LogP contribution < -0.4 is 0 Å². The van der Waals surface area contributed by atoms with Crippen molar-refractivity contribution in [2.75, 3.05) is 0 Å². The van der Waals surface area contributed by atoms with Gasteiger partial charge in [-0.3, -0.25) is 0 Å². The highest BCUT2D eigenvalue weighted by molar-refractivity contribution is 6.18. The molecular weight excluding hydrogens is 316 g/mol. The number of hydrogen-bond donors (Lipinski definition) is 0. The van der Waals surface area contributed by atoms with E-state index in [2.05, 4.69) is 48.1 Å². The maximum atomic E-state index is 4.26. The summed E-state index contributed by atoms with van der Waals surface area (Å²) in [7, 11) is 0. The standard InChI is InChI=1S/C24H37N2/c1-3-4-5-6-7-8-9-10-11-12-13-14-21(2)22-15-17-23(18-16-22)24-25-19-20-26-24/h15-21H,3-14H2,1-2H3/q+1. The van der Waals surface area contributed by atoms with Crippen molar-refractivity contribution in [3.63, 3.8) is 0 Å². The fraction of sp³-hybridized carbons (Fsp3) is 0.625. The second kappa shape index (κ2) is 12.7. The van der Waals surface area contributed by atoms with Crippen LogP contribution in [0.25, 0.3) is 0 Å². The molecule has 0 N–H and O–H groups in total. The third-order valence-electron chi connectivity index (χ3n) is 5.44. The number of unbranched alkanes of at least 4 members (excludes halogenated alkanes) is 10. The van der Waals surface area contributed by atoms with E-state index in [9.17, 15) is 0 Å². The van der Waals surface area contributed by atoms with Gasteiger partial charge in [-0.1, -0.05) is 84.5 Å². The topological polar surface area (TPSA) is 24.7 Å². The molecule has 1 aliphatic rings. The van der Waals surface area contributed by atoms with Crippen molar-refractivity contribution in [3.05, 3.63) is 41.6 Å². The summed E-state index contributed by atoms with van der Waals surface area (Å²) in [5.74, 6) is 0.642. The quantitative estimate of drug-likeness (QED) is 0.244. The Kier molecular flexibility index (Phi) is 10.2. The molecule has 1 unspecified atom stereocenters. The Balaban J connectivity index is 1.50. The fourth-order valence-corrected chi connectivity index (χ4v) is 3.63. The summed E-state index contributed by atoms with van der Waals surface area (Å²) < 4.78 is 0. The zero-order valence-electron chi connectivity index (χ0n) is 16.9. The maximum absolute atomic E-state index is 4.26. The van der Waals surface area contributed by atoms with Crippen molar-refractivity contribution in [2.45, 2.75) is 96.8 Å². The van der Waals surface area contributed by atoms with Crippen molar-refractivity contribution >= 4 is 12.4 Å². The van der Waals surface area contributed by atoms with Crippen LogP contribution in [0, 0.1) is 6.17 Å². The van der Waals surface area contributed by atoms with Crippen molar-refractivity contribution in [1.82, 2.24) is 0 Å². The van der Waals surface area contributed by atoms with Crippen molar-refractivity contribution in [2.24, 2.45) is 9.98 Å². The van der Waals surface area contributed by atoms with Crippen LogP contribution in [0.1, 0.15) is 108 Å². The van der Waals surface area contributed by atoms with Crippen LogP contribution in [0.3, 0.4) is 0 Å². The summed E-state index contributed by atoms with van der Waals surface area (Å²) in [6.45, 7) is 4.64. The lowest BCUT2D eigenvalue weighted by molar-refractivity contribution is 0.531. The molecule has 142 valence electrons. The first kappa shape index (κ1) is 20.7. The lowest BCUT2D eigenvalue weighted by Gasteiger charge is -2.11. The van der Waals surface area contributed by atoms with Gasteiger partial charge in [0.25, 0.3) is 0 Å². The highest BCUT2D eigenvalue weighted by Gasteiger charge is 2.18. The zero-order chi connectivity index (χ0) is 18.5. The lowest BCUT2D eigenvalue weighted by atomic mass is 9.93. The van der Waals surface area contributed by atoms with Crippen LogP contribution in [0.5, 0.6) is 0 Å². The lowest BCUT2D eigenvalue weighted by Crippen LogP contribution is -1.96. The van der Waals surface area contributed by atoms with Crippen LogP contribution in [-0.2, 0) is 0 Å². The largest absolute Gasteiger partial charge is 0.243 e. The summed E-state index contributed by atoms with van der Waals surface area (Å²) in [5, 5.41) is 0. The molecule has 0 amide bonds. The molecule has 0 fully saturated rings. The first-order chi connectivity index (χ1) is 12.8. The molecule has 0 radical (unpaired) electrons. The van der Waals surface area contributed by atoms with Crippen LogP contribution in [0.4, 0.5) is 0 Å². The fourth-order valence-electron chi connectivity index (χ4n) is 3.63. The van der Waals surface area contributed by atoms with Crippen molar-refractivity contribution in [1.29, 1.82) is 0 Å². The van der Waals surface area contributed by atoms with E-state index in [1.165, 1.54) is 82.6 Å². The Morgan fingerprint density at radius 1 is 0.731 bits per heavy atom. The minimum absolute atomic E-state index is 0.642. The van der Waals surface area contributed by atoms with Gasteiger partial charge in [0.15, 0.2) is 0 Å². The summed E-state index contributed by atoms with van der Waals surface area (Å²) in [4.78, 5) is 8.52. The first-order valence-electron chi connectivity index (χ1n) is 10.8. The number of aliphatic imine (C=N–C) groups is 2. The van der Waals surface area contributed by atoms with E-state index in [1.54, 1.807) is 12.4 Å². The van der Waals surface area contributed by atoms with Gasteiger partial charge in [0.05, 0.1) is 0 Å². The van der Waals surface area contributed by atoms with E-state index in [1.807, 2.05) is 0 Å². The van der Waals surface area contributed by atoms with E-state index in [4.69, 9.17) is 0 Å². The van der Waals surface area contributed by atoms with Gasteiger partial charge in [0.1, 0.15) is 18.0 Å². The molecule has 0 bridgehead atoms. The summed E-state index contributed by atoms with van der Waals surface area (Å²) in [6, 6.07) is 8.80. The average molecular weight is 354 g/mol. The van der Waals surface area contributed by atoms with Crippen LogP contribution >= 0.6 is 0 Å². The molecule has 2 nitrogen and oxygen atoms in total. The molecule has 1 heterocycles. The third-order valence-corrected chi connectivity index (χ3v) is 5.44. The van der Waals surface area contributed by atoms with Gasteiger partial charge in [0, 0.05) is 12.1 Å². The third kappa shape index (κ3) is 7.76. The summed E-state index contributed by atoms with van der Waals surface area (Å²) in [6.07, 6.45) is 21.2. The van der Waals surface area contributed by atoms with Crippen molar-refractivity contribution < 1.29 is 0 Å². The Labute approximate surface area is 161 Å². The molecular formula is C24H37N2+. The van der Waals surface area contributed by atoms with Gasteiger partial charge >= 0.3 is 0 Å². The number of rotatable bonds is 14. The highest BCUT2D eigenvalue weighted by Crippen LogP contribution is 2.25. The van der Waals surface area contributed by atoms with Gasteiger partial charge in [-0.05, 0) is 30.0 Å². The molecule has 0 aliphatic carbocycles. The Hall–Kier alpha value is -1.57. The van der Waals surface area contributed by atoms with Gasteiger partial charge < -0.3 is 0 Å². The van der Waals surface area contributed by atoms with Gasteiger partial charge in [-0.15, -0.1) is 9.98 Å². The molecule has 26 heavy (non-hydrogen) atoms. The second-order valence-corrected chi connectivity index (χ2v) is 7.73. The molecule has 0 aromatic heterocycles. The van der Waals surface area contributed by atoms with Gasteiger partial charge in [-0.25, -0.2) is 0 Å². The van der Waals surface area contributed by atoms with E-state index in [0.717, 1.165) is 11.7 Å². The Bertz CT molecular complexity index is 518. The molecule has 2 heteroatoms. The smallest absolute Gasteiger partial charge is 0.147 e. The predicted octanol–water partition coefficient (Wildman–Crippen LogP) is 7.48. The monoisotopic (exact) mass is 353 g/mol. The van der Waals surface area contributed by atoms with E-state index >= 15 is 0 Å². The zero-order valence-corrected chi connectivity index (χ0v) is 16.9. The maximum Gasteiger partial charge on any atom is 0.243 e. The average Bonchev–Trinajstić information content (AvgIpc) is 3.21. The normalized spacial score (nSPS) is 14.3.